The molecule has 0 atom stereocenters. The molecule has 0 fully saturated rings. The Bertz CT molecular complexity index is 965. The van der Waals surface area contributed by atoms with Crippen LogP contribution in [0, 0.1) is 0 Å². The first-order valence-corrected chi connectivity index (χ1v) is 11.4. The lowest BCUT2D eigenvalue weighted by Crippen LogP contribution is -2.07. The number of rotatable bonds is 0. The van der Waals surface area contributed by atoms with Gasteiger partial charge in [-0.1, -0.05) is 71.3 Å². The van der Waals surface area contributed by atoms with E-state index >= 15 is 0 Å². The minimum atomic E-state index is -0.0492. The highest BCUT2D eigenvalue weighted by molar-refractivity contribution is 8.29. The van der Waals surface area contributed by atoms with Crippen molar-refractivity contribution >= 4 is 58.6 Å². The summed E-state index contributed by atoms with van der Waals surface area (Å²) in [6.45, 7) is 0. The first kappa shape index (κ1) is 16.8. The van der Waals surface area contributed by atoms with Crippen molar-refractivity contribution in [2.45, 2.75) is 22.6 Å². The molecule has 128 valence electrons. The Balaban J connectivity index is 1.39. The van der Waals surface area contributed by atoms with Crippen molar-refractivity contribution in [2.75, 3.05) is 0 Å². The van der Waals surface area contributed by atoms with Gasteiger partial charge in [0.15, 0.2) is 11.6 Å². The van der Waals surface area contributed by atoms with Gasteiger partial charge in [-0.15, -0.1) is 0 Å². The predicted octanol–water partition coefficient (Wildman–Crippen LogP) is 6.06. The summed E-state index contributed by atoms with van der Waals surface area (Å²) in [5.41, 5.74) is 2.60. The molecule has 1 aromatic rings. The second kappa shape index (κ2) is 6.68. The smallest absolute Gasteiger partial charge is 0.193 e. The SMILES string of the molecule is O=C1C=CC(=O)C2=C1SC(=C1C=CC(=C3Sc4ccccc4S3)CC1)S2. The summed E-state index contributed by atoms with van der Waals surface area (Å²) in [4.78, 5) is 27.9. The van der Waals surface area contributed by atoms with Crippen molar-refractivity contribution in [2.24, 2.45) is 0 Å². The number of allylic oxidation sites excluding steroid dienone is 8. The van der Waals surface area contributed by atoms with Crippen LogP contribution in [0.4, 0.5) is 0 Å². The van der Waals surface area contributed by atoms with Gasteiger partial charge in [-0.25, -0.2) is 0 Å². The maximum Gasteiger partial charge on any atom is 0.193 e. The average molecular weight is 413 g/mol. The molecule has 2 aliphatic heterocycles. The number of ketones is 2. The number of fused-ring (bicyclic) bond motifs is 1. The zero-order valence-corrected chi connectivity index (χ0v) is 16.7. The van der Waals surface area contributed by atoms with Gasteiger partial charge in [-0.2, -0.15) is 0 Å². The molecule has 0 unspecified atom stereocenters. The summed E-state index contributed by atoms with van der Waals surface area (Å²) >= 11 is 6.62. The van der Waals surface area contributed by atoms with Crippen molar-refractivity contribution in [3.8, 4) is 0 Å². The van der Waals surface area contributed by atoms with Crippen molar-refractivity contribution in [3.05, 3.63) is 78.0 Å². The molecule has 0 spiro atoms. The summed E-state index contributed by atoms with van der Waals surface area (Å²) in [7, 11) is 0. The third-order valence-corrected chi connectivity index (χ3v) is 9.78. The fourth-order valence-corrected chi connectivity index (χ4v) is 8.21. The normalized spacial score (nSPS) is 21.8. The fraction of sp³-hybridized carbons (Fsp3) is 0.100. The molecule has 1 aromatic carbocycles. The standard InChI is InChI=1S/C20H12O2S4/c21-13-9-10-14(22)18-17(13)25-20(26-18)12-7-5-11(6-8-12)19-23-15-3-1-2-4-16(15)24-19/h1-5,7,9-10H,6,8H2. The van der Waals surface area contributed by atoms with E-state index in [9.17, 15) is 9.59 Å². The van der Waals surface area contributed by atoms with E-state index in [4.69, 9.17) is 0 Å². The molecule has 2 nitrogen and oxygen atoms in total. The van der Waals surface area contributed by atoms with Crippen LogP contribution in [0.1, 0.15) is 12.8 Å². The second-order valence-electron chi connectivity index (χ2n) is 6.03. The molecule has 0 bridgehead atoms. The number of carbonyl (C=O) groups is 2. The van der Waals surface area contributed by atoms with Gasteiger partial charge in [-0.3, -0.25) is 9.59 Å². The highest BCUT2D eigenvalue weighted by atomic mass is 32.2. The Morgan fingerprint density at radius 3 is 1.54 bits per heavy atom. The van der Waals surface area contributed by atoms with Crippen molar-refractivity contribution in [1.82, 2.24) is 0 Å². The molecule has 0 aromatic heterocycles. The van der Waals surface area contributed by atoms with Crippen molar-refractivity contribution < 1.29 is 9.59 Å². The summed E-state index contributed by atoms with van der Waals surface area (Å²) in [6.07, 6.45) is 9.06. The highest BCUT2D eigenvalue weighted by Crippen LogP contribution is 2.55. The number of thioether (sulfide) groups is 4. The van der Waals surface area contributed by atoms with E-state index in [1.54, 1.807) is 0 Å². The monoisotopic (exact) mass is 412 g/mol. The van der Waals surface area contributed by atoms with Crippen LogP contribution in [0.2, 0.25) is 0 Å². The molecule has 2 aliphatic carbocycles. The van der Waals surface area contributed by atoms with Gasteiger partial charge in [0.2, 0.25) is 0 Å². The largest absolute Gasteiger partial charge is 0.289 e. The molecule has 0 amide bonds. The number of hydrogen-bond donors (Lipinski definition) is 0. The lowest BCUT2D eigenvalue weighted by molar-refractivity contribution is -0.114. The van der Waals surface area contributed by atoms with Crippen LogP contribution in [0.5, 0.6) is 0 Å². The third kappa shape index (κ3) is 2.89. The van der Waals surface area contributed by atoms with Crippen LogP contribution in [-0.4, -0.2) is 11.6 Å². The number of benzene rings is 1. The molecule has 4 aliphatic rings. The fourth-order valence-electron chi connectivity index (χ4n) is 3.01. The van der Waals surface area contributed by atoms with Gasteiger partial charge in [0, 0.05) is 9.79 Å². The molecule has 0 saturated heterocycles. The van der Waals surface area contributed by atoms with Crippen LogP contribution in [0.15, 0.2) is 87.8 Å². The molecule has 0 N–H and O–H groups in total. The summed E-state index contributed by atoms with van der Waals surface area (Å²) < 4.78 is 2.45. The minimum Gasteiger partial charge on any atom is -0.289 e. The maximum absolute atomic E-state index is 12.0. The van der Waals surface area contributed by atoms with Crippen LogP contribution in [-0.2, 0) is 9.59 Å². The van der Waals surface area contributed by atoms with Crippen LogP contribution in [0.3, 0.4) is 0 Å². The van der Waals surface area contributed by atoms with Gasteiger partial charge in [-0.05, 0) is 48.3 Å². The van der Waals surface area contributed by atoms with Crippen molar-refractivity contribution in [1.29, 1.82) is 0 Å². The van der Waals surface area contributed by atoms with Crippen molar-refractivity contribution in [3.63, 3.8) is 0 Å². The Hall–Kier alpha value is -1.34. The summed E-state index contributed by atoms with van der Waals surface area (Å²) in [5, 5.41) is 0. The Labute approximate surface area is 168 Å². The van der Waals surface area contributed by atoms with Crippen LogP contribution in [0.25, 0.3) is 0 Å². The minimum absolute atomic E-state index is 0.0492. The third-order valence-electron chi connectivity index (χ3n) is 4.36. The van der Waals surface area contributed by atoms with Gasteiger partial charge >= 0.3 is 0 Å². The molecule has 2 heterocycles. The molecular formula is C20H12O2S4. The van der Waals surface area contributed by atoms with E-state index in [-0.39, 0.29) is 11.6 Å². The second-order valence-corrected chi connectivity index (χ2v) is 10.7. The molecule has 5 rings (SSSR count). The summed E-state index contributed by atoms with van der Waals surface area (Å²) in [6, 6.07) is 8.51. The molecule has 0 radical (unpaired) electrons. The van der Waals surface area contributed by atoms with E-state index in [0.29, 0.717) is 9.81 Å². The van der Waals surface area contributed by atoms with Gasteiger partial charge in [0.1, 0.15) is 0 Å². The first-order valence-electron chi connectivity index (χ1n) is 8.15. The lowest BCUT2D eigenvalue weighted by atomic mass is 10.00. The Morgan fingerprint density at radius 1 is 0.615 bits per heavy atom. The van der Waals surface area contributed by atoms with E-state index in [2.05, 4.69) is 36.4 Å². The number of hydrogen-bond acceptors (Lipinski definition) is 6. The highest BCUT2D eigenvalue weighted by Gasteiger charge is 2.33. The van der Waals surface area contributed by atoms with Gasteiger partial charge in [0.05, 0.1) is 18.3 Å². The van der Waals surface area contributed by atoms with E-state index < -0.39 is 0 Å². The van der Waals surface area contributed by atoms with Gasteiger partial charge < -0.3 is 0 Å². The molecule has 0 saturated carbocycles. The molecule has 26 heavy (non-hydrogen) atoms. The zero-order chi connectivity index (χ0) is 17.7. The quantitative estimate of drug-likeness (QED) is 0.482. The van der Waals surface area contributed by atoms with E-state index in [1.165, 1.54) is 60.9 Å². The van der Waals surface area contributed by atoms with Crippen LogP contribution < -0.4 is 0 Å². The van der Waals surface area contributed by atoms with Crippen LogP contribution >= 0.6 is 47.0 Å². The maximum atomic E-state index is 12.0. The average Bonchev–Trinajstić information content (AvgIpc) is 3.30. The van der Waals surface area contributed by atoms with E-state index in [0.717, 1.165) is 17.1 Å². The Morgan fingerprint density at radius 2 is 1.08 bits per heavy atom. The zero-order valence-electron chi connectivity index (χ0n) is 13.5. The lowest BCUT2D eigenvalue weighted by Gasteiger charge is -2.14. The molecule has 6 heteroatoms. The predicted molar refractivity (Wildman–Crippen MR) is 112 cm³/mol. The Kier molecular flexibility index (Phi) is 4.32. The summed E-state index contributed by atoms with van der Waals surface area (Å²) in [5.74, 6) is -0.0985. The number of carbonyl (C=O) groups excluding carboxylic acids is 2. The first-order chi connectivity index (χ1) is 12.7. The van der Waals surface area contributed by atoms with E-state index in [1.807, 2.05) is 23.5 Å². The van der Waals surface area contributed by atoms with Gasteiger partial charge in [0.25, 0.3) is 0 Å². The topological polar surface area (TPSA) is 34.1 Å². The molecular weight excluding hydrogens is 400 g/mol.